The van der Waals surface area contributed by atoms with E-state index in [9.17, 15) is 4.79 Å². The minimum absolute atomic E-state index is 0. The van der Waals surface area contributed by atoms with Gasteiger partial charge in [-0.05, 0) is 6.42 Å². The van der Waals surface area contributed by atoms with Crippen LogP contribution in [0.1, 0.15) is 13.3 Å². The monoisotopic (exact) mass is 379 g/mol. The molecule has 6 nitrogen and oxygen atoms in total. The lowest BCUT2D eigenvalue weighted by atomic mass is 10.1. The second-order valence-corrected chi connectivity index (χ2v) is 6.09. The van der Waals surface area contributed by atoms with E-state index in [2.05, 4.69) is 10.00 Å². The van der Waals surface area contributed by atoms with Crippen LogP contribution in [0.3, 0.4) is 0 Å². The summed E-state index contributed by atoms with van der Waals surface area (Å²) in [5.41, 5.74) is 1.57. The second kappa shape index (κ2) is 10.3. The van der Waals surface area contributed by atoms with Crippen LogP contribution >= 0.6 is 12.4 Å². The number of ether oxygens (including phenoxy) is 2. The molecule has 26 heavy (non-hydrogen) atoms. The molecular weight excluding hydrogens is 354 g/mol. The highest BCUT2D eigenvalue weighted by Gasteiger charge is 2.14. The molecule has 1 fully saturated rings. The van der Waals surface area contributed by atoms with Crippen LogP contribution in [-0.2, 0) is 11.3 Å². The van der Waals surface area contributed by atoms with Crippen molar-refractivity contribution in [2.75, 3.05) is 39.5 Å². The summed E-state index contributed by atoms with van der Waals surface area (Å²) in [5, 5.41) is 4.56. The van der Waals surface area contributed by atoms with E-state index in [1.54, 1.807) is 6.07 Å². The van der Waals surface area contributed by atoms with Crippen LogP contribution in [0, 0.1) is 0 Å². The van der Waals surface area contributed by atoms with Crippen LogP contribution in [0.2, 0.25) is 0 Å². The maximum absolute atomic E-state index is 12.7. The van der Waals surface area contributed by atoms with Crippen molar-refractivity contribution in [1.29, 1.82) is 0 Å². The molecule has 1 aromatic heterocycles. The summed E-state index contributed by atoms with van der Waals surface area (Å²) in [7, 11) is 0. The van der Waals surface area contributed by atoms with Gasteiger partial charge in [0.15, 0.2) is 5.75 Å². The fourth-order valence-electron chi connectivity index (χ4n) is 2.80. The topological polar surface area (TPSA) is 56.6 Å². The van der Waals surface area contributed by atoms with Crippen molar-refractivity contribution in [2.24, 2.45) is 0 Å². The molecule has 2 heterocycles. The zero-order valence-corrected chi connectivity index (χ0v) is 15.9. The smallest absolute Gasteiger partial charge is 0.309 e. The third-order valence-electron chi connectivity index (χ3n) is 4.20. The quantitative estimate of drug-likeness (QED) is 0.739. The first-order valence-corrected chi connectivity index (χ1v) is 8.88. The first-order chi connectivity index (χ1) is 12.3. The third kappa shape index (κ3) is 5.30. The molecule has 0 radical (unpaired) electrons. The van der Waals surface area contributed by atoms with E-state index in [-0.39, 0.29) is 18.0 Å². The van der Waals surface area contributed by atoms with E-state index >= 15 is 0 Å². The maximum atomic E-state index is 12.7. The molecule has 0 unspecified atom stereocenters. The number of benzene rings is 1. The number of hydrogen-bond donors (Lipinski definition) is 0. The van der Waals surface area contributed by atoms with Crippen molar-refractivity contribution in [3.05, 3.63) is 46.8 Å². The van der Waals surface area contributed by atoms with E-state index < -0.39 is 0 Å². The summed E-state index contributed by atoms with van der Waals surface area (Å²) in [6, 6.07) is 11.6. The fraction of sp³-hybridized carbons (Fsp3) is 0.474. The van der Waals surface area contributed by atoms with Crippen molar-refractivity contribution in [1.82, 2.24) is 14.7 Å². The Bertz CT molecular complexity index is 731. The van der Waals surface area contributed by atoms with Gasteiger partial charge in [-0.1, -0.05) is 37.3 Å². The Morgan fingerprint density at radius 1 is 1.15 bits per heavy atom. The Morgan fingerprint density at radius 3 is 2.58 bits per heavy atom. The number of hydrogen-bond acceptors (Lipinski definition) is 5. The predicted molar refractivity (Wildman–Crippen MR) is 104 cm³/mol. The first kappa shape index (κ1) is 20.4. The van der Waals surface area contributed by atoms with Gasteiger partial charge in [-0.15, -0.1) is 12.4 Å². The molecule has 0 N–H and O–H groups in total. The van der Waals surface area contributed by atoms with Gasteiger partial charge in [0.2, 0.25) is 0 Å². The Labute approximate surface area is 160 Å². The van der Waals surface area contributed by atoms with Gasteiger partial charge in [0.25, 0.3) is 0 Å². The molecule has 0 aliphatic carbocycles. The lowest BCUT2D eigenvalue weighted by molar-refractivity contribution is 0.0357. The number of morpholine rings is 1. The van der Waals surface area contributed by atoms with Crippen LogP contribution < -0.4 is 10.3 Å². The van der Waals surface area contributed by atoms with Gasteiger partial charge >= 0.3 is 5.56 Å². The molecule has 0 spiro atoms. The van der Waals surface area contributed by atoms with E-state index in [0.29, 0.717) is 18.9 Å². The molecule has 3 rings (SSSR count). The highest BCUT2D eigenvalue weighted by Crippen LogP contribution is 2.18. The number of nitrogens with zero attached hydrogens (tertiary/aromatic N) is 3. The standard InChI is InChI=1S/C19H25N3O3.ClH/c1-2-12-25-18-15-17(16-6-4-3-5-7-16)20-22(19(18)23)9-8-21-10-13-24-14-11-21;/h3-7,15H,2,8-14H2,1H3;1H. The average Bonchev–Trinajstić information content (AvgIpc) is 2.67. The van der Waals surface area contributed by atoms with Gasteiger partial charge in [-0.3, -0.25) is 9.69 Å². The van der Waals surface area contributed by atoms with Crippen LogP contribution in [0.5, 0.6) is 5.75 Å². The van der Waals surface area contributed by atoms with E-state index in [1.165, 1.54) is 4.68 Å². The summed E-state index contributed by atoms with van der Waals surface area (Å²) in [4.78, 5) is 15.0. The molecule has 2 aromatic rings. The molecule has 1 aliphatic heterocycles. The van der Waals surface area contributed by atoms with Crippen LogP contribution in [0.25, 0.3) is 11.3 Å². The summed E-state index contributed by atoms with van der Waals surface area (Å²) < 4.78 is 12.6. The molecule has 0 saturated carbocycles. The molecule has 7 heteroatoms. The van der Waals surface area contributed by atoms with Crippen molar-refractivity contribution in [3.8, 4) is 17.0 Å². The summed E-state index contributed by atoms with van der Waals surface area (Å²) in [6.45, 7) is 7.16. The van der Waals surface area contributed by atoms with Gasteiger partial charge in [0.05, 0.1) is 32.1 Å². The van der Waals surface area contributed by atoms with Crippen molar-refractivity contribution < 1.29 is 9.47 Å². The fourth-order valence-corrected chi connectivity index (χ4v) is 2.80. The van der Waals surface area contributed by atoms with Crippen LogP contribution in [-0.4, -0.2) is 54.1 Å². The van der Waals surface area contributed by atoms with Crippen molar-refractivity contribution in [3.63, 3.8) is 0 Å². The van der Waals surface area contributed by atoms with E-state index in [4.69, 9.17) is 9.47 Å². The van der Waals surface area contributed by atoms with E-state index in [1.807, 2.05) is 37.3 Å². The zero-order chi connectivity index (χ0) is 17.5. The number of aromatic nitrogens is 2. The summed E-state index contributed by atoms with van der Waals surface area (Å²) in [6.07, 6.45) is 0.857. The highest BCUT2D eigenvalue weighted by molar-refractivity contribution is 5.85. The van der Waals surface area contributed by atoms with Crippen molar-refractivity contribution >= 4 is 12.4 Å². The molecule has 0 amide bonds. The Balaban J connectivity index is 0.00000243. The number of halogens is 1. The summed E-state index contributed by atoms with van der Waals surface area (Å²) >= 11 is 0. The average molecular weight is 380 g/mol. The molecular formula is C19H26ClN3O3. The van der Waals surface area contributed by atoms with Crippen LogP contribution in [0.15, 0.2) is 41.2 Å². The largest absolute Gasteiger partial charge is 0.488 e. The minimum atomic E-state index is -0.165. The third-order valence-corrected chi connectivity index (χ3v) is 4.20. The van der Waals surface area contributed by atoms with Crippen molar-refractivity contribution in [2.45, 2.75) is 19.9 Å². The molecule has 142 valence electrons. The predicted octanol–water partition coefficient (Wildman–Crippen LogP) is 2.45. The first-order valence-electron chi connectivity index (χ1n) is 8.88. The van der Waals surface area contributed by atoms with Gasteiger partial charge in [-0.25, -0.2) is 4.68 Å². The van der Waals surface area contributed by atoms with Gasteiger partial charge in [0, 0.05) is 31.3 Å². The van der Waals surface area contributed by atoms with Crippen LogP contribution in [0.4, 0.5) is 0 Å². The molecule has 1 saturated heterocycles. The van der Waals surface area contributed by atoms with Gasteiger partial charge < -0.3 is 9.47 Å². The normalized spacial score (nSPS) is 14.7. The summed E-state index contributed by atoms with van der Waals surface area (Å²) in [5.74, 6) is 0.373. The second-order valence-electron chi connectivity index (χ2n) is 6.09. The minimum Gasteiger partial charge on any atom is -0.488 e. The number of rotatable bonds is 7. The molecule has 0 bridgehead atoms. The Hall–Kier alpha value is -1.89. The Morgan fingerprint density at radius 2 is 1.88 bits per heavy atom. The Kier molecular flexibility index (Phi) is 8.09. The molecule has 1 aromatic carbocycles. The zero-order valence-electron chi connectivity index (χ0n) is 15.1. The molecule has 1 aliphatic rings. The molecule has 0 atom stereocenters. The van der Waals surface area contributed by atoms with Gasteiger partial charge in [0.1, 0.15) is 0 Å². The maximum Gasteiger partial charge on any atom is 0.309 e. The lowest BCUT2D eigenvalue weighted by Gasteiger charge is -2.26. The van der Waals surface area contributed by atoms with E-state index in [0.717, 1.165) is 50.5 Å². The lowest BCUT2D eigenvalue weighted by Crippen LogP contribution is -2.39. The van der Waals surface area contributed by atoms with Gasteiger partial charge in [-0.2, -0.15) is 5.10 Å². The highest BCUT2D eigenvalue weighted by atomic mass is 35.5. The SMILES string of the molecule is CCCOc1cc(-c2ccccc2)nn(CCN2CCOCC2)c1=O.Cl.